The summed E-state index contributed by atoms with van der Waals surface area (Å²) >= 11 is 6.28. The van der Waals surface area contributed by atoms with Gasteiger partial charge in [-0.05, 0) is 55.3 Å². The predicted molar refractivity (Wildman–Crippen MR) is 125 cm³/mol. The van der Waals surface area contributed by atoms with Crippen LogP contribution in [0, 0.1) is 5.82 Å². The average Bonchev–Trinajstić information content (AvgIpc) is 2.84. The third kappa shape index (κ3) is 5.59. The van der Waals surface area contributed by atoms with Crippen molar-refractivity contribution in [3.8, 4) is 5.75 Å². The molecular formula is C23H27ClFN3O4S. The second-order valence-corrected chi connectivity index (χ2v) is 10.5. The van der Waals surface area contributed by atoms with Crippen molar-refractivity contribution in [3.63, 3.8) is 0 Å². The van der Waals surface area contributed by atoms with Crippen LogP contribution in [0.2, 0.25) is 5.02 Å². The number of anilines is 1. The number of carbonyl (C=O) groups excluding carboxylic acids is 1. The molecule has 2 heterocycles. The summed E-state index contributed by atoms with van der Waals surface area (Å²) in [5, 5.41) is 0.155. The van der Waals surface area contributed by atoms with E-state index in [0.29, 0.717) is 39.3 Å². The Hall–Kier alpha value is -2.36. The Morgan fingerprint density at radius 3 is 2.24 bits per heavy atom. The van der Waals surface area contributed by atoms with Crippen LogP contribution in [0.3, 0.4) is 0 Å². The summed E-state index contributed by atoms with van der Waals surface area (Å²) in [5.74, 6) is -0.178. The molecule has 2 saturated heterocycles. The zero-order chi connectivity index (χ0) is 23.4. The van der Waals surface area contributed by atoms with E-state index in [-0.39, 0.29) is 34.0 Å². The van der Waals surface area contributed by atoms with Gasteiger partial charge in [0.25, 0.3) is 5.91 Å². The highest BCUT2D eigenvalue weighted by molar-refractivity contribution is 7.89. The lowest BCUT2D eigenvalue weighted by Gasteiger charge is -2.36. The van der Waals surface area contributed by atoms with Gasteiger partial charge in [-0.15, -0.1) is 0 Å². The van der Waals surface area contributed by atoms with Gasteiger partial charge in [0.15, 0.2) is 6.61 Å². The molecule has 0 aliphatic carbocycles. The normalized spacial score (nSPS) is 17.8. The molecule has 2 aliphatic rings. The number of piperazine rings is 1. The minimum atomic E-state index is -3.59. The van der Waals surface area contributed by atoms with Crippen molar-refractivity contribution in [1.29, 1.82) is 0 Å². The molecule has 7 nitrogen and oxygen atoms in total. The van der Waals surface area contributed by atoms with Crippen molar-refractivity contribution in [2.24, 2.45) is 0 Å². The number of ether oxygens (including phenoxy) is 1. The van der Waals surface area contributed by atoms with Crippen LogP contribution in [0.4, 0.5) is 10.1 Å². The third-order valence-corrected chi connectivity index (χ3v) is 8.22. The van der Waals surface area contributed by atoms with Gasteiger partial charge in [0, 0.05) is 45.0 Å². The van der Waals surface area contributed by atoms with Gasteiger partial charge in [0.05, 0.1) is 9.92 Å². The molecular weight excluding hydrogens is 469 g/mol. The summed E-state index contributed by atoms with van der Waals surface area (Å²) < 4.78 is 45.8. The van der Waals surface area contributed by atoms with Gasteiger partial charge in [-0.2, -0.15) is 4.31 Å². The van der Waals surface area contributed by atoms with E-state index in [1.54, 1.807) is 17.0 Å². The van der Waals surface area contributed by atoms with E-state index in [1.807, 2.05) is 0 Å². The van der Waals surface area contributed by atoms with Crippen LogP contribution < -0.4 is 9.64 Å². The first-order valence-corrected chi connectivity index (χ1v) is 12.9. The number of piperidine rings is 1. The summed E-state index contributed by atoms with van der Waals surface area (Å²) in [7, 11) is -3.59. The fraction of sp³-hybridized carbons (Fsp3) is 0.435. The molecule has 0 bridgehead atoms. The number of rotatable bonds is 6. The van der Waals surface area contributed by atoms with Gasteiger partial charge < -0.3 is 14.5 Å². The minimum Gasteiger partial charge on any atom is -0.482 e. The Kier molecular flexibility index (Phi) is 7.41. The topological polar surface area (TPSA) is 70.2 Å². The highest BCUT2D eigenvalue weighted by Crippen LogP contribution is 2.30. The number of hydrogen-bond donors (Lipinski definition) is 0. The van der Waals surface area contributed by atoms with Gasteiger partial charge in [0.2, 0.25) is 10.0 Å². The molecule has 0 unspecified atom stereocenters. The molecule has 0 radical (unpaired) electrons. The molecule has 2 fully saturated rings. The van der Waals surface area contributed by atoms with Gasteiger partial charge in [-0.1, -0.05) is 18.0 Å². The predicted octanol–water partition coefficient (Wildman–Crippen LogP) is 3.38. The van der Waals surface area contributed by atoms with Gasteiger partial charge in [-0.25, -0.2) is 12.8 Å². The van der Waals surface area contributed by atoms with Gasteiger partial charge >= 0.3 is 0 Å². The maximum absolute atomic E-state index is 13.1. The molecule has 0 aromatic heterocycles. The maximum Gasteiger partial charge on any atom is 0.260 e. The van der Waals surface area contributed by atoms with Crippen LogP contribution in [0.5, 0.6) is 5.75 Å². The number of halogens is 2. The molecule has 2 aliphatic heterocycles. The van der Waals surface area contributed by atoms with Crippen molar-refractivity contribution in [2.45, 2.75) is 24.2 Å². The van der Waals surface area contributed by atoms with Crippen LogP contribution in [0.25, 0.3) is 0 Å². The lowest BCUT2D eigenvalue weighted by atomic mass is 10.2. The Labute approximate surface area is 198 Å². The van der Waals surface area contributed by atoms with E-state index in [9.17, 15) is 17.6 Å². The van der Waals surface area contributed by atoms with Gasteiger partial charge in [-0.3, -0.25) is 4.79 Å². The van der Waals surface area contributed by atoms with E-state index < -0.39 is 10.0 Å². The van der Waals surface area contributed by atoms with E-state index in [4.69, 9.17) is 16.3 Å². The Bertz CT molecular complexity index is 1080. The van der Waals surface area contributed by atoms with Crippen molar-refractivity contribution in [2.75, 3.05) is 50.8 Å². The molecule has 2 aromatic rings. The molecule has 33 heavy (non-hydrogen) atoms. The van der Waals surface area contributed by atoms with Crippen LogP contribution in [0.15, 0.2) is 47.4 Å². The highest BCUT2D eigenvalue weighted by Gasteiger charge is 2.27. The fourth-order valence-electron chi connectivity index (χ4n) is 4.11. The first-order chi connectivity index (χ1) is 15.8. The number of carbonyl (C=O) groups is 1. The Morgan fingerprint density at radius 2 is 1.61 bits per heavy atom. The summed E-state index contributed by atoms with van der Waals surface area (Å²) in [6.45, 7) is 3.18. The van der Waals surface area contributed by atoms with E-state index in [2.05, 4.69) is 4.90 Å². The summed E-state index contributed by atoms with van der Waals surface area (Å²) in [5.41, 5.74) is 0.922. The first kappa shape index (κ1) is 23.8. The summed E-state index contributed by atoms with van der Waals surface area (Å²) in [6.07, 6.45) is 2.75. The second-order valence-electron chi connectivity index (χ2n) is 8.19. The van der Waals surface area contributed by atoms with Crippen LogP contribution in [0.1, 0.15) is 19.3 Å². The Balaban J connectivity index is 1.31. The van der Waals surface area contributed by atoms with Crippen molar-refractivity contribution < 1.29 is 22.3 Å². The number of amides is 1. The third-order valence-electron chi connectivity index (χ3n) is 6.03. The van der Waals surface area contributed by atoms with Gasteiger partial charge in [0.1, 0.15) is 11.6 Å². The first-order valence-electron chi connectivity index (χ1n) is 11.1. The Morgan fingerprint density at radius 1 is 0.939 bits per heavy atom. The number of nitrogens with zero attached hydrogens (tertiary/aromatic N) is 3. The van der Waals surface area contributed by atoms with Crippen molar-refractivity contribution in [3.05, 3.63) is 53.3 Å². The van der Waals surface area contributed by atoms with Crippen LogP contribution in [-0.2, 0) is 14.8 Å². The van der Waals surface area contributed by atoms with E-state index >= 15 is 0 Å². The molecule has 10 heteroatoms. The highest BCUT2D eigenvalue weighted by atomic mass is 35.5. The zero-order valence-electron chi connectivity index (χ0n) is 18.3. The zero-order valence-corrected chi connectivity index (χ0v) is 19.8. The average molecular weight is 496 g/mol. The number of sulfonamides is 1. The summed E-state index contributed by atoms with van der Waals surface area (Å²) in [6, 6.07) is 10.7. The van der Waals surface area contributed by atoms with Crippen LogP contribution >= 0.6 is 11.6 Å². The number of hydrogen-bond acceptors (Lipinski definition) is 5. The lowest BCUT2D eigenvalue weighted by molar-refractivity contribution is -0.133. The van der Waals surface area contributed by atoms with Crippen molar-refractivity contribution >= 4 is 33.2 Å². The van der Waals surface area contributed by atoms with Crippen LogP contribution in [-0.4, -0.2) is 69.4 Å². The smallest absolute Gasteiger partial charge is 0.260 e. The fourth-order valence-corrected chi connectivity index (χ4v) is 5.95. The maximum atomic E-state index is 13.1. The monoisotopic (exact) mass is 495 g/mol. The lowest BCUT2D eigenvalue weighted by Crippen LogP contribution is -2.50. The molecule has 0 saturated carbocycles. The molecule has 1 amide bonds. The molecule has 2 aromatic carbocycles. The standard InChI is InChI=1S/C23H27ClFN3O4S/c24-21-16-20(33(30,31)28-10-2-1-3-11-28)8-9-22(21)32-17-23(29)27-14-12-26(13-15-27)19-6-4-18(25)5-7-19/h4-9,16H,1-3,10-15,17H2. The largest absolute Gasteiger partial charge is 0.482 e. The molecule has 0 atom stereocenters. The minimum absolute atomic E-state index is 0.130. The second kappa shape index (κ2) is 10.3. The summed E-state index contributed by atoms with van der Waals surface area (Å²) in [4.78, 5) is 16.5. The number of benzene rings is 2. The van der Waals surface area contributed by atoms with Crippen molar-refractivity contribution in [1.82, 2.24) is 9.21 Å². The molecule has 4 rings (SSSR count). The molecule has 0 spiro atoms. The van der Waals surface area contributed by atoms with E-state index in [1.165, 1.54) is 34.6 Å². The van der Waals surface area contributed by atoms with E-state index in [0.717, 1.165) is 24.9 Å². The molecule has 0 N–H and O–H groups in total. The molecule has 178 valence electrons. The quantitative estimate of drug-likeness (QED) is 0.614. The SMILES string of the molecule is O=C(COc1ccc(S(=O)(=O)N2CCCCC2)cc1Cl)N1CCN(c2ccc(F)cc2)CC1.